The summed E-state index contributed by atoms with van der Waals surface area (Å²) in [6.07, 6.45) is 0. The summed E-state index contributed by atoms with van der Waals surface area (Å²) < 4.78 is 0.787. The Morgan fingerprint density at radius 1 is 1.04 bits per heavy atom. The minimum absolute atomic E-state index is 0.102. The van der Waals surface area contributed by atoms with Gasteiger partial charge in [0.05, 0.1) is 12.2 Å². The van der Waals surface area contributed by atoms with Gasteiger partial charge in [0.2, 0.25) is 5.91 Å². The molecule has 116 valence electrons. The molecule has 0 aliphatic heterocycles. The molecule has 3 aromatic rings. The first-order valence-electron chi connectivity index (χ1n) is 7.04. The standard InChI is InChI=1S/C17H14BrN3O2/c18-12-6-2-4-8-14(12)21-16(22)10-19-17(23)15-9-11-5-1-3-7-13(11)20-15/h1-9,20H,10H2,(H,19,23)(H,21,22). The number of H-pyrrole nitrogens is 1. The van der Waals surface area contributed by atoms with Crippen LogP contribution in [0.1, 0.15) is 10.5 Å². The van der Waals surface area contributed by atoms with Crippen LogP contribution >= 0.6 is 15.9 Å². The van der Waals surface area contributed by atoms with E-state index in [4.69, 9.17) is 0 Å². The number of aromatic nitrogens is 1. The number of carbonyl (C=O) groups is 2. The predicted molar refractivity (Wildman–Crippen MR) is 93.4 cm³/mol. The third-order valence-electron chi connectivity index (χ3n) is 3.33. The molecule has 0 aliphatic rings. The third kappa shape index (κ3) is 3.60. The van der Waals surface area contributed by atoms with Gasteiger partial charge in [0, 0.05) is 15.4 Å². The van der Waals surface area contributed by atoms with Gasteiger partial charge in [-0.15, -0.1) is 0 Å². The Balaban J connectivity index is 1.60. The van der Waals surface area contributed by atoms with E-state index in [1.54, 1.807) is 12.1 Å². The van der Waals surface area contributed by atoms with Crippen LogP contribution in [-0.4, -0.2) is 23.3 Å². The number of halogens is 1. The molecule has 0 unspecified atom stereocenters. The summed E-state index contributed by atoms with van der Waals surface area (Å²) in [5.41, 5.74) is 1.98. The number of hydrogen-bond acceptors (Lipinski definition) is 2. The average molecular weight is 372 g/mol. The van der Waals surface area contributed by atoms with Crippen LogP contribution < -0.4 is 10.6 Å². The number of amides is 2. The molecule has 6 heteroatoms. The first-order chi connectivity index (χ1) is 11.1. The second-order valence-electron chi connectivity index (χ2n) is 4.98. The van der Waals surface area contributed by atoms with Crippen molar-refractivity contribution in [2.24, 2.45) is 0 Å². The van der Waals surface area contributed by atoms with Crippen molar-refractivity contribution in [2.45, 2.75) is 0 Å². The summed E-state index contributed by atoms with van der Waals surface area (Å²) in [5.74, 6) is -0.607. The van der Waals surface area contributed by atoms with E-state index in [1.807, 2.05) is 42.5 Å². The fraction of sp³-hybridized carbons (Fsp3) is 0.0588. The largest absolute Gasteiger partial charge is 0.351 e. The van der Waals surface area contributed by atoms with Gasteiger partial charge < -0.3 is 15.6 Å². The Labute approximate surface area is 141 Å². The van der Waals surface area contributed by atoms with Crippen LogP contribution in [0.25, 0.3) is 10.9 Å². The summed E-state index contributed by atoms with van der Waals surface area (Å²) in [6, 6.07) is 16.7. The number of aromatic amines is 1. The highest BCUT2D eigenvalue weighted by Gasteiger charge is 2.11. The first kappa shape index (κ1) is 15.3. The molecule has 0 fully saturated rings. The topological polar surface area (TPSA) is 74.0 Å². The highest BCUT2D eigenvalue weighted by Crippen LogP contribution is 2.20. The number of anilines is 1. The number of rotatable bonds is 4. The maximum absolute atomic E-state index is 12.1. The zero-order valence-corrected chi connectivity index (χ0v) is 13.7. The minimum atomic E-state index is -0.316. The van der Waals surface area contributed by atoms with Gasteiger partial charge in [-0.25, -0.2) is 0 Å². The summed E-state index contributed by atoms with van der Waals surface area (Å²) in [5, 5.41) is 6.29. The van der Waals surface area contributed by atoms with Crippen molar-refractivity contribution in [3.63, 3.8) is 0 Å². The molecule has 0 radical (unpaired) electrons. The van der Waals surface area contributed by atoms with Crippen molar-refractivity contribution in [3.8, 4) is 0 Å². The molecular weight excluding hydrogens is 358 g/mol. The second-order valence-corrected chi connectivity index (χ2v) is 5.84. The van der Waals surface area contributed by atoms with Crippen molar-refractivity contribution >= 4 is 44.3 Å². The maximum atomic E-state index is 12.1. The van der Waals surface area contributed by atoms with E-state index in [9.17, 15) is 9.59 Å². The summed E-state index contributed by atoms with van der Waals surface area (Å²) in [7, 11) is 0. The Morgan fingerprint density at radius 3 is 2.57 bits per heavy atom. The lowest BCUT2D eigenvalue weighted by Crippen LogP contribution is -2.33. The van der Waals surface area contributed by atoms with Gasteiger partial charge in [0.1, 0.15) is 5.69 Å². The maximum Gasteiger partial charge on any atom is 0.268 e. The molecule has 2 amide bonds. The molecule has 5 nitrogen and oxygen atoms in total. The van der Waals surface area contributed by atoms with Crippen molar-refractivity contribution in [3.05, 3.63) is 64.8 Å². The molecule has 3 rings (SSSR count). The summed E-state index contributed by atoms with van der Waals surface area (Å²) in [4.78, 5) is 27.0. The number of hydrogen-bond donors (Lipinski definition) is 3. The van der Waals surface area contributed by atoms with E-state index in [1.165, 1.54) is 0 Å². The Bertz CT molecular complexity index is 840. The van der Waals surface area contributed by atoms with Gasteiger partial charge in [-0.05, 0) is 40.2 Å². The van der Waals surface area contributed by atoms with Crippen LogP contribution in [0.2, 0.25) is 0 Å². The normalized spacial score (nSPS) is 10.5. The number of fused-ring (bicyclic) bond motifs is 1. The molecule has 0 spiro atoms. The SMILES string of the molecule is O=C(CNC(=O)c1cc2ccccc2[nH]1)Nc1ccccc1Br. The quantitative estimate of drug-likeness (QED) is 0.658. The van der Waals surface area contributed by atoms with Gasteiger partial charge in [-0.1, -0.05) is 30.3 Å². The number of benzene rings is 2. The zero-order valence-electron chi connectivity index (χ0n) is 12.1. The molecule has 23 heavy (non-hydrogen) atoms. The molecule has 0 atom stereocenters. The molecule has 0 saturated carbocycles. The van der Waals surface area contributed by atoms with Crippen molar-refractivity contribution < 1.29 is 9.59 Å². The molecule has 0 bridgehead atoms. The monoisotopic (exact) mass is 371 g/mol. The van der Waals surface area contributed by atoms with Gasteiger partial charge >= 0.3 is 0 Å². The van der Waals surface area contributed by atoms with Crippen LogP contribution in [0, 0.1) is 0 Å². The molecule has 0 aliphatic carbocycles. The van der Waals surface area contributed by atoms with E-state index in [2.05, 4.69) is 31.5 Å². The van der Waals surface area contributed by atoms with Gasteiger partial charge in [-0.2, -0.15) is 0 Å². The van der Waals surface area contributed by atoms with Crippen LogP contribution in [0.15, 0.2) is 59.1 Å². The smallest absolute Gasteiger partial charge is 0.268 e. The molecule has 1 heterocycles. The first-order valence-corrected chi connectivity index (χ1v) is 7.83. The van der Waals surface area contributed by atoms with Gasteiger partial charge in [-0.3, -0.25) is 9.59 Å². The molecule has 1 aromatic heterocycles. The van der Waals surface area contributed by atoms with E-state index in [0.29, 0.717) is 11.4 Å². The Kier molecular flexibility index (Phi) is 4.43. The number of nitrogens with one attached hydrogen (secondary N) is 3. The van der Waals surface area contributed by atoms with Gasteiger partial charge in [0.15, 0.2) is 0 Å². The molecular formula is C17H14BrN3O2. The lowest BCUT2D eigenvalue weighted by atomic mass is 10.2. The Morgan fingerprint density at radius 2 is 1.78 bits per heavy atom. The van der Waals surface area contributed by atoms with Crippen LogP contribution in [0.4, 0.5) is 5.69 Å². The van der Waals surface area contributed by atoms with Crippen LogP contribution in [-0.2, 0) is 4.79 Å². The van der Waals surface area contributed by atoms with E-state index < -0.39 is 0 Å². The van der Waals surface area contributed by atoms with Crippen molar-refractivity contribution in [1.82, 2.24) is 10.3 Å². The van der Waals surface area contributed by atoms with Crippen LogP contribution in [0.5, 0.6) is 0 Å². The van der Waals surface area contributed by atoms with Gasteiger partial charge in [0.25, 0.3) is 5.91 Å². The third-order valence-corrected chi connectivity index (χ3v) is 4.02. The fourth-order valence-corrected chi connectivity index (χ4v) is 2.59. The second kappa shape index (κ2) is 6.66. The van der Waals surface area contributed by atoms with E-state index in [-0.39, 0.29) is 18.4 Å². The van der Waals surface area contributed by atoms with E-state index in [0.717, 1.165) is 15.4 Å². The highest BCUT2D eigenvalue weighted by molar-refractivity contribution is 9.10. The lowest BCUT2D eigenvalue weighted by Gasteiger charge is -2.07. The minimum Gasteiger partial charge on any atom is -0.351 e. The van der Waals surface area contributed by atoms with Crippen LogP contribution in [0.3, 0.4) is 0 Å². The number of para-hydroxylation sites is 2. The van der Waals surface area contributed by atoms with Crippen molar-refractivity contribution in [1.29, 1.82) is 0 Å². The molecule has 0 saturated heterocycles. The zero-order chi connectivity index (χ0) is 16.2. The van der Waals surface area contributed by atoms with Crippen molar-refractivity contribution in [2.75, 3.05) is 11.9 Å². The lowest BCUT2D eigenvalue weighted by molar-refractivity contribution is -0.115. The molecule has 3 N–H and O–H groups in total. The Hall–Kier alpha value is -2.60. The van der Waals surface area contributed by atoms with E-state index >= 15 is 0 Å². The highest BCUT2D eigenvalue weighted by atomic mass is 79.9. The molecule has 2 aromatic carbocycles. The fourth-order valence-electron chi connectivity index (χ4n) is 2.21. The summed E-state index contributed by atoms with van der Waals surface area (Å²) in [6.45, 7) is -0.102. The predicted octanol–water partition coefficient (Wildman–Crippen LogP) is 3.30. The average Bonchev–Trinajstić information content (AvgIpc) is 2.99. The number of carbonyl (C=O) groups excluding carboxylic acids is 2. The summed E-state index contributed by atoms with van der Waals surface area (Å²) >= 11 is 3.35.